The minimum atomic E-state index is -5.09. The predicted octanol–water partition coefficient (Wildman–Crippen LogP) is 8.22. The van der Waals surface area contributed by atoms with Gasteiger partial charge in [0, 0.05) is 28.7 Å². The summed E-state index contributed by atoms with van der Waals surface area (Å²) < 4.78 is 80.1. The second-order valence-corrected chi connectivity index (χ2v) is 11.0. The number of rotatable bonds is 8. The maximum absolute atomic E-state index is 13.3. The van der Waals surface area contributed by atoms with Crippen molar-refractivity contribution in [1.82, 2.24) is 15.3 Å². The summed E-state index contributed by atoms with van der Waals surface area (Å²) in [5.74, 6) is -2.31. The van der Waals surface area contributed by atoms with Gasteiger partial charge in [-0.1, -0.05) is 62.4 Å². The van der Waals surface area contributed by atoms with Crippen LogP contribution < -0.4 is 5.32 Å². The average molecular weight is 630 g/mol. The van der Waals surface area contributed by atoms with E-state index in [1.54, 1.807) is 24.3 Å². The van der Waals surface area contributed by atoms with Gasteiger partial charge in [0.05, 0.1) is 28.3 Å². The number of nitrogens with one attached hydrogen (secondary N) is 3. The highest BCUT2D eigenvalue weighted by Gasteiger charge is 2.38. The fraction of sp³-hybridized carbons (Fsp3) is 0.242. The third-order valence-corrected chi connectivity index (χ3v) is 7.66. The molecule has 0 saturated carbocycles. The summed E-state index contributed by atoms with van der Waals surface area (Å²) in [7, 11) is 0. The number of aromatic hydroxyl groups is 2. The first-order chi connectivity index (χ1) is 21.2. The van der Waals surface area contributed by atoms with Gasteiger partial charge in [-0.15, -0.1) is 0 Å². The number of aromatic nitrogens is 2. The molecular formula is C33H29F6N3O3. The van der Waals surface area contributed by atoms with E-state index in [1.165, 1.54) is 0 Å². The van der Waals surface area contributed by atoms with Crippen molar-refractivity contribution < 1.29 is 41.4 Å². The Hall–Kier alpha value is -4.87. The second-order valence-electron chi connectivity index (χ2n) is 11.0. The lowest BCUT2D eigenvalue weighted by Gasteiger charge is -2.19. The number of hydrogen-bond donors (Lipinski definition) is 5. The Bertz CT molecular complexity index is 1810. The molecule has 3 aromatic carbocycles. The number of para-hydroxylation sites is 1. The Morgan fingerprint density at radius 2 is 1.42 bits per heavy atom. The van der Waals surface area contributed by atoms with Crippen LogP contribution in [0.15, 0.2) is 72.8 Å². The molecule has 0 aliphatic carbocycles. The van der Waals surface area contributed by atoms with Crippen LogP contribution in [-0.4, -0.2) is 32.6 Å². The topological polar surface area (TPSA) is 101 Å². The Kier molecular flexibility index (Phi) is 8.35. The molecule has 2 aromatic heterocycles. The summed E-state index contributed by atoms with van der Waals surface area (Å²) >= 11 is 0. The minimum absolute atomic E-state index is 0.0325. The van der Waals surface area contributed by atoms with Crippen molar-refractivity contribution in [2.75, 3.05) is 6.54 Å². The number of alkyl halides is 6. The van der Waals surface area contributed by atoms with Crippen LogP contribution in [-0.2, 0) is 18.8 Å². The molecule has 0 fully saturated rings. The van der Waals surface area contributed by atoms with Crippen LogP contribution in [0.5, 0.6) is 11.6 Å². The Balaban J connectivity index is 1.54. The Labute approximate surface area is 253 Å². The Morgan fingerprint density at radius 1 is 0.822 bits per heavy atom. The molecule has 0 radical (unpaired) electrons. The number of carbonyl (C=O) groups excluding carboxylic acids is 1. The summed E-state index contributed by atoms with van der Waals surface area (Å²) in [6, 6.07) is 17.1. The van der Waals surface area contributed by atoms with E-state index < -0.39 is 40.9 Å². The largest absolute Gasteiger partial charge is 0.506 e. The first kappa shape index (κ1) is 31.6. The molecule has 5 rings (SSSR count). The van der Waals surface area contributed by atoms with Gasteiger partial charge in [0.1, 0.15) is 5.75 Å². The van der Waals surface area contributed by atoms with Gasteiger partial charge in [-0.05, 0) is 47.7 Å². The van der Waals surface area contributed by atoms with Gasteiger partial charge in [0.2, 0.25) is 0 Å². The first-order valence-corrected chi connectivity index (χ1v) is 14.0. The van der Waals surface area contributed by atoms with Crippen molar-refractivity contribution in [2.24, 2.45) is 0 Å². The molecule has 0 spiro atoms. The molecule has 1 unspecified atom stereocenters. The summed E-state index contributed by atoms with van der Waals surface area (Å²) in [5.41, 5.74) is -0.599. The summed E-state index contributed by atoms with van der Waals surface area (Å²) in [5, 5.41) is 25.5. The average Bonchev–Trinajstić information content (AvgIpc) is 3.49. The second kappa shape index (κ2) is 11.9. The number of amides is 1. The number of carbonyl (C=O) groups is 1. The third-order valence-electron chi connectivity index (χ3n) is 7.66. The molecular weight excluding hydrogens is 600 g/mol. The van der Waals surface area contributed by atoms with Gasteiger partial charge in [-0.2, -0.15) is 26.3 Å². The number of fused-ring (bicyclic) bond motifs is 1. The molecule has 12 heteroatoms. The Morgan fingerprint density at radius 3 is 2.00 bits per heavy atom. The van der Waals surface area contributed by atoms with E-state index in [0.717, 1.165) is 10.9 Å². The molecule has 1 amide bonds. The van der Waals surface area contributed by atoms with Crippen LogP contribution in [0.4, 0.5) is 26.3 Å². The maximum Gasteiger partial charge on any atom is 0.416 e. The molecule has 45 heavy (non-hydrogen) atoms. The van der Waals surface area contributed by atoms with Gasteiger partial charge in [-0.3, -0.25) is 4.79 Å². The molecule has 6 nitrogen and oxygen atoms in total. The molecule has 0 saturated heterocycles. The standard InChI is InChI=1S/C33H29F6N3O3/c1-17(2)27-29(43)26(31(45)42-27)25(18-8-4-3-5-9-18)28-23(22-10-6-7-11-24(22)41-28)12-13-40-30(44)19-14-20(32(34,35)36)16-21(15-19)33(37,38)39/h3-11,14-17,25,41-43,45H,12-13H2,1-2H3,(H,40,44). The van der Waals surface area contributed by atoms with E-state index in [9.17, 15) is 41.4 Å². The zero-order chi connectivity index (χ0) is 32.7. The van der Waals surface area contributed by atoms with E-state index in [1.807, 2.05) is 44.2 Å². The molecule has 5 N–H and O–H groups in total. The summed E-state index contributed by atoms with van der Waals surface area (Å²) in [6.07, 6.45) is -10.1. The van der Waals surface area contributed by atoms with Crippen molar-refractivity contribution in [3.8, 4) is 11.6 Å². The lowest BCUT2D eigenvalue weighted by molar-refractivity contribution is -0.143. The third kappa shape index (κ3) is 6.36. The molecule has 1 atom stereocenters. The number of halogens is 6. The van der Waals surface area contributed by atoms with E-state index in [0.29, 0.717) is 34.6 Å². The zero-order valence-electron chi connectivity index (χ0n) is 24.1. The lowest BCUT2D eigenvalue weighted by Crippen LogP contribution is -2.27. The van der Waals surface area contributed by atoms with Crippen LogP contribution >= 0.6 is 0 Å². The highest BCUT2D eigenvalue weighted by molar-refractivity contribution is 5.94. The van der Waals surface area contributed by atoms with Gasteiger partial charge in [0.25, 0.3) is 5.91 Å². The predicted molar refractivity (Wildman–Crippen MR) is 156 cm³/mol. The maximum atomic E-state index is 13.3. The zero-order valence-corrected chi connectivity index (χ0v) is 24.1. The van der Waals surface area contributed by atoms with Gasteiger partial charge < -0.3 is 25.5 Å². The van der Waals surface area contributed by atoms with Crippen LogP contribution in [0.3, 0.4) is 0 Å². The number of H-pyrrole nitrogens is 2. The van der Waals surface area contributed by atoms with Crippen LogP contribution in [0, 0.1) is 0 Å². The van der Waals surface area contributed by atoms with E-state index in [-0.39, 0.29) is 42.1 Å². The van der Waals surface area contributed by atoms with Crippen LogP contribution in [0.1, 0.15) is 75.2 Å². The van der Waals surface area contributed by atoms with Crippen molar-refractivity contribution in [3.05, 3.63) is 118 Å². The number of hydrogen-bond acceptors (Lipinski definition) is 3. The highest BCUT2D eigenvalue weighted by Crippen LogP contribution is 2.47. The first-order valence-electron chi connectivity index (χ1n) is 14.0. The van der Waals surface area contributed by atoms with Gasteiger partial charge in [0.15, 0.2) is 5.88 Å². The van der Waals surface area contributed by atoms with Crippen molar-refractivity contribution in [2.45, 2.75) is 44.5 Å². The fourth-order valence-corrected chi connectivity index (χ4v) is 5.55. The van der Waals surface area contributed by atoms with Gasteiger partial charge >= 0.3 is 12.4 Å². The van der Waals surface area contributed by atoms with Crippen molar-refractivity contribution in [3.63, 3.8) is 0 Å². The fourth-order valence-electron chi connectivity index (χ4n) is 5.55. The normalized spacial score (nSPS) is 13.0. The smallest absolute Gasteiger partial charge is 0.416 e. The molecule has 2 heterocycles. The van der Waals surface area contributed by atoms with Crippen molar-refractivity contribution >= 4 is 16.8 Å². The minimum Gasteiger partial charge on any atom is -0.506 e. The summed E-state index contributed by atoms with van der Waals surface area (Å²) in [4.78, 5) is 19.1. The summed E-state index contributed by atoms with van der Waals surface area (Å²) in [6.45, 7) is 3.56. The molecule has 0 aliphatic heterocycles. The van der Waals surface area contributed by atoms with E-state index in [4.69, 9.17) is 0 Å². The number of benzene rings is 3. The highest BCUT2D eigenvalue weighted by atomic mass is 19.4. The SMILES string of the molecule is CC(C)c1[nH]c(O)c(C(c2ccccc2)c2[nH]c3ccccc3c2CCNC(=O)c2cc(C(F)(F)F)cc(C(F)(F)F)c2)c1O. The lowest BCUT2D eigenvalue weighted by atomic mass is 9.86. The number of aromatic amines is 2. The van der Waals surface area contributed by atoms with Gasteiger partial charge in [-0.25, -0.2) is 0 Å². The molecule has 5 aromatic rings. The van der Waals surface area contributed by atoms with E-state index in [2.05, 4.69) is 15.3 Å². The molecule has 0 aliphatic rings. The molecule has 0 bridgehead atoms. The van der Waals surface area contributed by atoms with Crippen LogP contribution in [0.2, 0.25) is 0 Å². The van der Waals surface area contributed by atoms with Crippen molar-refractivity contribution in [1.29, 1.82) is 0 Å². The molecule has 236 valence electrons. The van der Waals surface area contributed by atoms with E-state index >= 15 is 0 Å². The quantitative estimate of drug-likeness (QED) is 0.112. The monoisotopic (exact) mass is 629 g/mol. The van der Waals surface area contributed by atoms with Crippen LogP contribution in [0.25, 0.3) is 10.9 Å².